The van der Waals surface area contributed by atoms with Crippen LogP contribution in [-0.2, 0) is 4.79 Å². The van der Waals surface area contributed by atoms with Gasteiger partial charge in [-0.25, -0.2) is 0 Å². The van der Waals surface area contributed by atoms with Crippen LogP contribution in [0.4, 0.5) is 5.69 Å². The predicted octanol–water partition coefficient (Wildman–Crippen LogP) is 0.546. The summed E-state index contributed by atoms with van der Waals surface area (Å²) in [6, 6.07) is 7.01. The maximum Gasteiger partial charge on any atom is 0.279 e. The van der Waals surface area contributed by atoms with Crippen LogP contribution in [0.3, 0.4) is 0 Å². The fourth-order valence-electron chi connectivity index (χ4n) is 3.38. The summed E-state index contributed by atoms with van der Waals surface area (Å²) >= 11 is 0. The van der Waals surface area contributed by atoms with Crippen LogP contribution in [0.5, 0.6) is 0 Å². The maximum atomic E-state index is 12.2. The highest BCUT2D eigenvalue weighted by atomic mass is 16.2. The van der Waals surface area contributed by atoms with Gasteiger partial charge in [-0.3, -0.25) is 9.59 Å². The molecule has 0 spiro atoms. The molecule has 0 radical (unpaired) electrons. The minimum atomic E-state index is -0.152. The summed E-state index contributed by atoms with van der Waals surface area (Å²) in [4.78, 5) is 25.2. The number of rotatable bonds is 4. The summed E-state index contributed by atoms with van der Waals surface area (Å²) < 4.78 is 0. The van der Waals surface area contributed by atoms with E-state index in [0.717, 1.165) is 13.1 Å². The van der Waals surface area contributed by atoms with Crippen LogP contribution in [0.2, 0.25) is 0 Å². The number of hydrogen-bond donors (Lipinski definition) is 3. The lowest BCUT2D eigenvalue weighted by Crippen LogP contribution is -3.15. The van der Waals surface area contributed by atoms with Gasteiger partial charge in [-0.15, -0.1) is 0 Å². The number of amides is 2. The highest BCUT2D eigenvalue weighted by Gasteiger charge is 2.26. The van der Waals surface area contributed by atoms with Crippen LogP contribution < -0.4 is 15.5 Å². The largest absolute Gasteiger partial charge is 0.355 e. The van der Waals surface area contributed by atoms with E-state index >= 15 is 0 Å². The molecule has 1 aromatic rings. The van der Waals surface area contributed by atoms with Crippen LogP contribution in [0.1, 0.15) is 30.6 Å². The van der Waals surface area contributed by atoms with Crippen molar-refractivity contribution in [2.45, 2.75) is 20.3 Å². The van der Waals surface area contributed by atoms with E-state index in [1.165, 1.54) is 11.3 Å². The van der Waals surface area contributed by atoms with Crippen molar-refractivity contribution >= 4 is 17.5 Å². The standard InChI is InChI=1S/C17H25N3O2/c1-12-7-13(2)10-20(9-12)11-16(21)19-15-6-4-5-14(8-15)17(22)18-3/h4-6,8,12-13H,7,9-11H2,1-3H3,(H,18,22)(H,19,21)/p+1/t12-,13-/m1/s1. The molecule has 22 heavy (non-hydrogen) atoms. The van der Waals surface area contributed by atoms with E-state index in [9.17, 15) is 9.59 Å². The Morgan fingerprint density at radius 3 is 2.55 bits per heavy atom. The first-order valence-electron chi connectivity index (χ1n) is 7.93. The number of carbonyl (C=O) groups excluding carboxylic acids is 2. The molecule has 2 rings (SSSR count). The highest BCUT2D eigenvalue weighted by molar-refractivity contribution is 5.97. The second kappa shape index (κ2) is 7.40. The average molecular weight is 304 g/mol. The zero-order valence-electron chi connectivity index (χ0n) is 13.6. The number of benzene rings is 1. The number of piperidine rings is 1. The molecule has 5 nitrogen and oxygen atoms in total. The van der Waals surface area contributed by atoms with Gasteiger partial charge in [0, 0.05) is 30.1 Å². The molecule has 1 aliphatic heterocycles. The molecule has 120 valence electrons. The van der Waals surface area contributed by atoms with Crippen LogP contribution in [0, 0.1) is 11.8 Å². The third-order valence-electron chi connectivity index (χ3n) is 4.13. The summed E-state index contributed by atoms with van der Waals surface area (Å²) in [6.07, 6.45) is 1.25. The van der Waals surface area contributed by atoms with Crippen molar-refractivity contribution in [1.29, 1.82) is 0 Å². The Morgan fingerprint density at radius 1 is 1.23 bits per heavy atom. The van der Waals surface area contributed by atoms with Gasteiger partial charge in [-0.05, 0) is 24.6 Å². The Hall–Kier alpha value is -1.88. The molecule has 0 aromatic heterocycles. The van der Waals surface area contributed by atoms with Crippen molar-refractivity contribution in [1.82, 2.24) is 5.32 Å². The van der Waals surface area contributed by atoms with Gasteiger partial charge in [-0.1, -0.05) is 19.9 Å². The lowest BCUT2D eigenvalue weighted by molar-refractivity contribution is -0.904. The maximum absolute atomic E-state index is 12.2. The Labute approximate surface area is 132 Å². The minimum Gasteiger partial charge on any atom is -0.355 e. The Morgan fingerprint density at radius 2 is 1.91 bits per heavy atom. The fraction of sp³-hybridized carbons (Fsp3) is 0.529. The molecular formula is C17H26N3O2+. The molecule has 3 N–H and O–H groups in total. The van der Waals surface area contributed by atoms with Gasteiger partial charge < -0.3 is 15.5 Å². The third-order valence-corrected chi connectivity index (χ3v) is 4.13. The molecule has 1 heterocycles. The molecule has 0 saturated carbocycles. The molecule has 1 saturated heterocycles. The zero-order chi connectivity index (χ0) is 16.1. The highest BCUT2D eigenvalue weighted by Crippen LogP contribution is 2.12. The second-order valence-corrected chi connectivity index (χ2v) is 6.49. The van der Waals surface area contributed by atoms with Gasteiger partial charge >= 0.3 is 0 Å². The van der Waals surface area contributed by atoms with Crippen molar-refractivity contribution in [3.8, 4) is 0 Å². The topological polar surface area (TPSA) is 62.6 Å². The van der Waals surface area contributed by atoms with E-state index < -0.39 is 0 Å². The van der Waals surface area contributed by atoms with Crippen molar-refractivity contribution in [3.63, 3.8) is 0 Å². The van der Waals surface area contributed by atoms with Gasteiger partial charge in [0.2, 0.25) is 0 Å². The van der Waals surface area contributed by atoms with Gasteiger partial charge in [0.1, 0.15) is 0 Å². The predicted molar refractivity (Wildman–Crippen MR) is 87.0 cm³/mol. The summed E-state index contributed by atoms with van der Waals surface area (Å²) in [6.45, 7) is 7.09. The van der Waals surface area contributed by atoms with E-state index in [-0.39, 0.29) is 11.8 Å². The van der Waals surface area contributed by atoms with Gasteiger partial charge in [0.15, 0.2) is 6.54 Å². The second-order valence-electron chi connectivity index (χ2n) is 6.49. The monoisotopic (exact) mass is 304 g/mol. The number of quaternary nitrogens is 1. The van der Waals surface area contributed by atoms with Gasteiger partial charge in [0.25, 0.3) is 11.8 Å². The van der Waals surface area contributed by atoms with Crippen molar-refractivity contribution in [2.24, 2.45) is 11.8 Å². The Balaban J connectivity index is 1.93. The minimum absolute atomic E-state index is 0.00496. The van der Waals surface area contributed by atoms with Crippen molar-refractivity contribution < 1.29 is 14.5 Å². The average Bonchev–Trinajstić information content (AvgIpc) is 2.45. The summed E-state index contributed by atoms with van der Waals surface area (Å²) in [5.74, 6) is 1.19. The number of anilines is 1. The molecule has 2 amide bonds. The lowest BCUT2D eigenvalue weighted by atomic mass is 9.92. The Bertz CT molecular complexity index is 534. The van der Waals surface area contributed by atoms with E-state index in [4.69, 9.17) is 0 Å². The molecule has 0 bridgehead atoms. The lowest BCUT2D eigenvalue weighted by Gasteiger charge is -2.31. The molecule has 2 atom stereocenters. The molecule has 1 aliphatic rings. The first-order chi connectivity index (χ1) is 10.5. The van der Waals surface area contributed by atoms with E-state index in [1.807, 2.05) is 0 Å². The SMILES string of the molecule is CNC(=O)c1cccc(NC(=O)C[NH+]2C[C@H](C)C[C@@H](C)C2)c1. The summed E-state index contributed by atoms with van der Waals surface area (Å²) in [7, 11) is 1.59. The molecule has 0 unspecified atom stereocenters. The van der Waals surface area contributed by atoms with Crippen molar-refractivity contribution in [3.05, 3.63) is 29.8 Å². The molecular weight excluding hydrogens is 278 g/mol. The fourth-order valence-corrected chi connectivity index (χ4v) is 3.38. The van der Waals surface area contributed by atoms with Crippen molar-refractivity contribution in [2.75, 3.05) is 32.0 Å². The number of likely N-dealkylation sites (tertiary alicyclic amines) is 1. The quantitative estimate of drug-likeness (QED) is 0.760. The summed E-state index contributed by atoms with van der Waals surface area (Å²) in [5.41, 5.74) is 1.22. The van der Waals surface area contributed by atoms with Crippen LogP contribution >= 0.6 is 0 Å². The summed E-state index contributed by atoms with van der Waals surface area (Å²) in [5, 5.41) is 5.48. The normalized spacial score (nSPS) is 24.6. The smallest absolute Gasteiger partial charge is 0.279 e. The van der Waals surface area contributed by atoms with Crippen LogP contribution in [0.25, 0.3) is 0 Å². The van der Waals surface area contributed by atoms with Crippen LogP contribution in [-0.4, -0.2) is 38.5 Å². The molecule has 0 aliphatic carbocycles. The van der Waals surface area contributed by atoms with Crippen LogP contribution in [0.15, 0.2) is 24.3 Å². The third kappa shape index (κ3) is 4.56. The van der Waals surface area contributed by atoms with E-state index in [1.54, 1.807) is 31.3 Å². The van der Waals surface area contributed by atoms with E-state index in [0.29, 0.717) is 29.6 Å². The zero-order valence-corrected chi connectivity index (χ0v) is 13.6. The Kier molecular flexibility index (Phi) is 5.55. The first-order valence-corrected chi connectivity index (χ1v) is 7.93. The van der Waals surface area contributed by atoms with Gasteiger partial charge in [-0.2, -0.15) is 0 Å². The molecule has 1 aromatic carbocycles. The number of carbonyl (C=O) groups is 2. The first kappa shape index (κ1) is 16.5. The van der Waals surface area contributed by atoms with E-state index in [2.05, 4.69) is 24.5 Å². The molecule has 5 heteroatoms. The van der Waals surface area contributed by atoms with Gasteiger partial charge in [0.05, 0.1) is 13.1 Å². The number of hydrogen-bond acceptors (Lipinski definition) is 2. The molecule has 1 fully saturated rings. The number of nitrogens with one attached hydrogen (secondary N) is 3.